The molecule has 0 saturated carbocycles. The third-order valence-corrected chi connectivity index (χ3v) is 0.834. The van der Waals surface area contributed by atoms with E-state index in [-0.39, 0.29) is 29.6 Å². The van der Waals surface area contributed by atoms with Gasteiger partial charge in [-0.05, 0) is 19.9 Å². The van der Waals surface area contributed by atoms with Gasteiger partial charge >= 0.3 is 29.6 Å². The summed E-state index contributed by atoms with van der Waals surface area (Å²) in [7, 11) is 0. The van der Waals surface area contributed by atoms with Crippen LogP contribution in [0.15, 0.2) is 6.07 Å². The number of hydrogen-bond donors (Lipinski definition) is 1. The second-order valence-electron chi connectivity index (χ2n) is 1.69. The van der Waals surface area contributed by atoms with Crippen LogP contribution in [0.1, 0.15) is 11.4 Å². The molecule has 3 heteroatoms. The minimum atomic E-state index is 0. The van der Waals surface area contributed by atoms with Gasteiger partial charge in [0.2, 0.25) is 0 Å². The average Bonchev–Trinajstić information content (AvgIpc) is 1.87. The van der Waals surface area contributed by atoms with Gasteiger partial charge in [-0.25, -0.2) is 0 Å². The predicted octanol–water partition coefficient (Wildman–Crippen LogP) is 0.378. The Morgan fingerprint density at radius 3 is 2.25 bits per heavy atom. The van der Waals surface area contributed by atoms with Gasteiger partial charge in [0.25, 0.3) is 0 Å². The Labute approximate surface area is 71.0 Å². The van der Waals surface area contributed by atoms with Gasteiger partial charge < -0.3 is 0 Å². The first-order chi connectivity index (χ1) is 3.29. The molecule has 0 fully saturated rings. The number of nitrogens with zero attached hydrogens (tertiary/aromatic N) is 1. The molecule has 0 aliphatic rings. The number of aromatic amines is 1. The van der Waals surface area contributed by atoms with Crippen LogP contribution in [0.2, 0.25) is 0 Å². The normalized spacial score (nSPS) is 8.25. The van der Waals surface area contributed by atoms with Gasteiger partial charge in [0.1, 0.15) is 0 Å². The Morgan fingerprint density at radius 1 is 1.50 bits per heavy atom. The predicted molar refractivity (Wildman–Crippen MR) is 35.2 cm³/mol. The molecular weight excluding hydrogens is 111 g/mol. The fourth-order valence-electron chi connectivity index (χ4n) is 0.554. The van der Waals surface area contributed by atoms with Crippen molar-refractivity contribution in [2.75, 3.05) is 0 Å². The Hall–Kier alpha value is 0.210. The van der Waals surface area contributed by atoms with Crippen molar-refractivity contribution in [1.82, 2.24) is 10.2 Å². The SMILES string of the molecule is Cc1cc(C)[nH]n1.[NaH]. The standard InChI is InChI=1S/C5H8N2.Na.H/c1-4-3-5(2)7-6-4;;/h3H,1-2H3,(H,6,7);;. The van der Waals surface area contributed by atoms with Crippen LogP contribution in [0.25, 0.3) is 0 Å². The number of H-pyrrole nitrogens is 1. The van der Waals surface area contributed by atoms with Gasteiger partial charge in [0.05, 0.1) is 5.69 Å². The van der Waals surface area contributed by atoms with E-state index in [4.69, 9.17) is 0 Å². The molecule has 0 aliphatic carbocycles. The molecule has 0 bridgehead atoms. The summed E-state index contributed by atoms with van der Waals surface area (Å²) in [5.74, 6) is 0. The molecule has 1 rings (SSSR count). The molecule has 0 aromatic carbocycles. The quantitative estimate of drug-likeness (QED) is 0.492. The summed E-state index contributed by atoms with van der Waals surface area (Å²) in [4.78, 5) is 0. The Morgan fingerprint density at radius 2 is 2.12 bits per heavy atom. The van der Waals surface area contributed by atoms with E-state index in [0.717, 1.165) is 11.4 Å². The molecule has 40 valence electrons. The molecule has 0 aliphatic heterocycles. The molecule has 0 radical (unpaired) electrons. The van der Waals surface area contributed by atoms with E-state index in [1.165, 1.54) is 0 Å². The van der Waals surface area contributed by atoms with Crippen molar-refractivity contribution < 1.29 is 0 Å². The molecule has 1 aromatic rings. The van der Waals surface area contributed by atoms with Crippen molar-refractivity contribution in [3.8, 4) is 0 Å². The second kappa shape index (κ2) is 3.28. The zero-order chi connectivity index (χ0) is 5.28. The molecule has 0 spiro atoms. The third-order valence-electron chi connectivity index (χ3n) is 0.834. The van der Waals surface area contributed by atoms with E-state index in [2.05, 4.69) is 10.2 Å². The zero-order valence-corrected chi connectivity index (χ0v) is 4.52. The minimum absolute atomic E-state index is 0. The Balaban J connectivity index is 0.000000490. The monoisotopic (exact) mass is 120 g/mol. The number of nitrogens with one attached hydrogen (secondary N) is 1. The van der Waals surface area contributed by atoms with E-state index in [1.54, 1.807) is 0 Å². The fourth-order valence-corrected chi connectivity index (χ4v) is 0.554. The van der Waals surface area contributed by atoms with Crippen molar-refractivity contribution in [1.29, 1.82) is 0 Å². The first-order valence-corrected chi connectivity index (χ1v) is 2.27. The third kappa shape index (κ3) is 1.99. The van der Waals surface area contributed by atoms with Crippen molar-refractivity contribution in [2.45, 2.75) is 13.8 Å². The van der Waals surface area contributed by atoms with Crippen molar-refractivity contribution >= 4 is 29.6 Å². The molecule has 0 amide bonds. The van der Waals surface area contributed by atoms with E-state index >= 15 is 0 Å². The summed E-state index contributed by atoms with van der Waals surface area (Å²) in [6.45, 7) is 3.95. The molecular formula is C5H9N2Na. The molecule has 2 nitrogen and oxygen atoms in total. The van der Waals surface area contributed by atoms with E-state index in [1.807, 2.05) is 19.9 Å². The first-order valence-electron chi connectivity index (χ1n) is 2.27. The van der Waals surface area contributed by atoms with E-state index in [9.17, 15) is 0 Å². The first kappa shape index (κ1) is 8.21. The van der Waals surface area contributed by atoms with Gasteiger partial charge in [-0.3, -0.25) is 5.10 Å². The van der Waals surface area contributed by atoms with Crippen molar-refractivity contribution in [2.24, 2.45) is 0 Å². The van der Waals surface area contributed by atoms with E-state index in [0.29, 0.717) is 0 Å². The summed E-state index contributed by atoms with van der Waals surface area (Å²) in [6.07, 6.45) is 0. The summed E-state index contributed by atoms with van der Waals surface area (Å²) in [5.41, 5.74) is 2.18. The molecule has 1 aromatic heterocycles. The summed E-state index contributed by atoms with van der Waals surface area (Å²) >= 11 is 0. The molecule has 0 atom stereocenters. The fraction of sp³-hybridized carbons (Fsp3) is 0.400. The van der Waals surface area contributed by atoms with E-state index < -0.39 is 0 Å². The Bertz CT molecular complexity index is 143. The van der Waals surface area contributed by atoms with Crippen LogP contribution in [-0.2, 0) is 0 Å². The van der Waals surface area contributed by atoms with Crippen LogP contribution in [0, 0.1) is 13.8 Å². The van der Waals surface area contributed by atoms with Crippen LogP contribution in [-0.4, -0.2) is 39.8 Å². The van der Waals surface area contributed by atoms with Crippen LogP contribution >= 0.6 is 0 Å². The van der Waals surface area contributed by atoms with Crippen molar-refractivity contribution in [3.05, 3.63) is 17.5 Å². The number of aromatic nitrogens is 2. The summed E-state index contributed by atoms with van der Waals surface area (Å²) in [5, 5.41) is 6.71. The molecule has 1 heterocycles. The van der Waals surface area contributed by atoms with Crippen LogP contribution in [0.3, 0.4) is 0 Å². The average molecular weight is 120 g/mol. The molecule has 8 heavy (non-hydrogen) atoms. The zero-order valence-electron chi connectivity index (χ0n) is 4.52. The molecule has 0 saturated heterocycles. The van der Waals surface area contributed by atoms with Crippen LogP contribution in [0.4, 0.5) is 0 Å². The number of aryl methyl sites for hydroxylation is 2. The maximum atomic E-state index is 3.89. The van der Waals surface area contributed by atoms with Crippen molar-refractivity contribution in [3.63, 3.8) is 0 Å². The molecule has 1 N–H and O–H groups in total. The molecule has 0 unspecified atom stereocenters. The summed E-state index contributed by atoms with van der Waals surface area (Å²) < 4.78 is 0. The Kier molecular flexibility index (Phi) is 3.36. The topological polar surface area (TPSA) is 28.7 Å². The maximum absolute atomic E-state index is 3.89. The number of hydrogen-bond acceptors (Lipinski definition) is 1. The van der Waals surface area contributed by atoms with Gasteiger partial charge in [-0.15, -0.1) is 0 Å². The number of rotatable bonds is 0. The van der Waals surface area contributed by atoms with Gasteiger partial charge in [0.15, 0.2) is 0 Å². The second-order valence-corrected chi connectivity index (χ2v) is 1.69. The van der Waals surface area contributed by atoms with Crippen LogP contribution in [0.5, 0.6) is 0 Å². The van der Waals surface area contributed by atoms with Crippen LogP contribution < -0.4 is 0 Å². The summed E-state index contributed by atoms with van der Waals surface area (Å²) in [6, 6.07) is 2.00. The van der Waals surface area contributed by atoms with Gasteiger partial charge in [0, 0.05) is 5.69 Å². The van der Waals surface area contributed by atoms with Gasteiger partial charge in [-0.2, -0.15) is 5.10 Å². The van der Waals surface area contributed by atoms with Gasteiger partial charge in [-0.1, -0.05) is 0 Å².